The summed E-state index contributed by atoms with van der Waals surface area (Å²) in [5.74, 6) is -2.68. The van der Waals surface area contributed by atoms with Crippen molar-refractivity contribution < 1.29 is 38.3 Å². The summed E-state index contributed by atoms with van der Waals surface area (Å²) >= 11 is 8.54. The van der Waals surface area contributed by atoms with Crippen LogP contribution in [-0.2, 0) is 38.3 Å². The molecule has 51 heavy (non-hydrogen) atoms. The number of β-lactam (4-membered cyclic amide) rings is 1. The molecule has 0 saturated carbocycles. The van der Waals surface area contributed by atoms with Crippen LogP contribution < -0.4 is 10.6 Å². The van der Waals surface area contributed by atoms with Crippen molar-refractivity contribution >= 4 is 75.7 Å². The quantitative estimate of drug-likeness (QED) is 0.0799. The molecule has 0 aliphatic carbocycles. The van der Waals surface area contributed by atoms with E-state index in [1.165, 1.54) is 29.7 Å². The number of thiazole rings is 1. The fourth-order valence-electron chi connectivity index (χ4n) is 5.06. The lowest BCUT2D eigenvalue weighted by molar-refractivity contribution is -0.167. The van der Waals surface area contributed by atoms with Crippen molar-refractivity contribution in [3.63, 3.8) is 0 Å². The largest absolute Gasteiger partial charge is 0.457 e. The lowest BCUT2D eigenvalue weighted by atomic mass is 10.0. The molecule has 0 radical (unpaired) electrons. The smallest absolute Gasteiger partial charge is 0.356 e. The number of amides is 3. The van der Waals surface area contributed by atoms with E-state index in [-0.39, 0.29) is 20.9 Å². The number of carbonyl (C=O) groups excluding carboxylic acids is 5. The van der Waals surface area contributed by atoms with Crippen molar-refractivity contribution in [3.8, 4) is 0 Å². The topological polar surface area (TPSA) is 166 Å². The Labute approximate surface area is 307 Å². The van der Waals surface area contributed by atoms with E-state index < -0.39 is 58.7 Å². The number of aromatic nitrogens is 1. The van der Waals surface area contributed by atoms with E-state index in [9.17, 15) is 24.0 Å². The zero-order chi connectivity index (χ0) is 36.9. The van der Waals surface area contributed by atoms with Gasteiger partial charge in [-0.2, -0.15) is 0 Å². The standard InChI is InChI=1S/C35H34ClN5O8S2/c1-6-20-17-50-31-25(30(44)41(31)26(20)33(46)47-27(21-13-9-7-10-14-21)22-15-11-8-12-16-22)38-29(43)24(23-28(36)51-34(39-23)37-18-42)40-49-19(2)32(45)48-35(3,4)5/h6-16,18-19,25,27,31H,1,17H2,2-5H3,(H,38,43)(H,37,39,42)/t19?,25?,31-/m1/s1. The summed E-state index contributed by atoms with van der Waals surface area (Å²) < 4.78 is 11.4. The van der Waals surface area contributed by atoms with Gasteiger partial charge in [0.2, 0.25) is 12.5 Å². The van der Waals surface area contributed by atoms with Crippen LogP contribution in [0.3, 0.4) is 0 Å². The maximum absolute atomic E-state index is 13.9. The van der Waals surface area contributed by atoms with Gasteiger partial charge in [0.15, 0.2) is 16.9 Å². The van der Waals surface area contributed by atoms with Crippen molar-refractivity contribution in [2.75, 3.05) is 11.1 Å². The number of rotatable bonds is 13. The molecule has 2 N–H and O–H groups in total. The van der Waals surface area contributed by atoms with Crippen LogP contribution in [-0.4, -0.2) is 74.6 Å². The third kappa shape index (κ3) is 8.49. The van der Waals surface area contributed by atoms with Crippen molar-refractivity contribution in [2.24, 2.45) is 5.16 Å². The zero-order valence-electron chi connectivity index (χ0n) is 28.0. The lowest BCUT2D eigenvalue weighted by Gasteiger charge is -2.49. The highest BCUT2D eigenvalue weighted by molar-refractivity contribution is 8.00. The number of nitrogens with zero attached hydrogens (tertiary/aromatic N) is 3. The van der Waals surface area contributed by atoms with E-state index in [1.54, 1.807) is 20.8 Å². The molecule has 0 bridgehead atoms. The molecule has 16 heteroatoms. The summed E-state index contributed by atoms with van der Waals surface area (Å²) in [5.41, 5.74) is 0.560. The molecule has 2 aliphatic rings. The highest BCUT2D eigenvalue weighted by Gasteiger charge is 2.55. The normalized spacial score (nSPS) is 17.9. The fraction of sp³-hybridized carbons (Fsp3) is 0.286. The zero-order valence-corrected chi connectivity index (χ0v) is 30.3. The summed E-state index contributed by atoms with van der Waals surface area (Å²) in [4.78, 5) is 75.8. The maximum atomic E-state index is 13.9. The molecule has 3 atom stereocenters. The van der Waals surface area contributed by atoms with Gasteiger partial charge < -0.3 is 24.9 Å². The minimum absolute atomic E-state index is 0.0228. The van der Waals surface area contributed by atoms with Crippen LogP contribution in [0.1, 0.15) is 50.6 Å². The van der Waals surface area contributed by atoms with Crippen molar-refractivity contribution in [3.05, 3.63) is 106 Å². The summed E-state index contributed by atoms with van der Waals surface area (Å²) in [6.45, 7) is 10.3. The molecule has 3 aromatic rings. The van der Waals surface area contributed by atoms with Gasteiger partial charge >= 0.3 is 11.9 Å². The van der Waals surface area contributed by atoms with Crippen molar-refractivity contribution in [1.29, 1.82) is 0 Å². The Hall–Kier alpha value is -4.99. The van der Waals surface area contributed by atoms with E-state index >= 15 is 0 Å². The molecule has 0 spiro atoms. The summed E-state index contributed by atoms with van der Waals surface area (Å²) in [5, 5.41) is 8.27. The number of benzene rings is 2. The van der Waals surface area contributed by atoms with Gasteiger partial charge in [-0.3, -0.25) is 19.3 Å². The van der Waals surface area contributed by atoms with Gasteiger partial charge in [0.1, 0.15) is 32.7 Å². The third-order valence-electron chi connectivity index (χ3n) is 7.40. The fourth-order valence-corrected chi connectivity index (χ4v) is 7.40. The van der Waals surface area contributed by atoms with Crippen LogP contribution in [0, 0.1) is 0 Å². The number of oxime groups is 1. The van der Waals surface area contributed by atoms with Crippen LogP contribution in [0.4, 0.5) is 5.13 Å². The van der Waals surface area contributed by atoms with Crippen molar-refractivity contribution in [2.45, 2.75) is 56.9 Å². The Kier molecular flexibility index (Phi) is 11.6. The summed E-state index contributed by atoms with van der Waals surface area (Å²) in [7, 11) is 0. The number of ether oxygens (including phenoxy) is 2. The molecule has 1 saturated heterocycles. The minimum Gasteiger partial charge on any atom is -0.457 e. The van der Waals surface area contributed by atoms with Crippen LogP contribution in [0.2, 0.25) is 4.34 Å². The van der Waals surface area contributed by atoms with E-state index in [4.69, 9.17) is 25.9 Å². The number of nitrogens with one attached hydrogen (secondary N) is 2. The van der Waals surface area contributed by atoms with Crippen LogP contribution in [0.25, 0.3) is 0 Å². The number of hydrogen-bond donors (Lipinski definition) is 2. The molecule has 2 aromatic carbocycles. The number of carbonyl (C=O) groups is 5. The molecule has 2 unspecified atom stereocenters. The van der Waals surface area contributed by atoms with E-state index in [0.29, 0.717) is 17.7 Å². The highest BCUT2D eigenvalue weighted by Crippen LogP contribution is 2.42. The van der Waals surface area contributed by atoms with Crippen LogP contribution in [0.5, 0.6) is 0 Å². The van der Waals surface area contributed by atoms with Gasteiger partial charge in [0.05, 0.1) is 0 Å². The number of fused-ring (bicyclic) bond motifs is 1. The second-order valence-electron chi connectivity index (χ2n) is 12.2. The molecular formula is C35H34ClN5O8S2. The predicted molar refractivity (Wildman–Crippen MR) is 193 cm³/mol. The minimum atomic E-state index is -1.24. The number of allylic oxidation sites excluding steroid dienone is 1. The second-order valence-corrected chi connectivity index (χ2v) is 14.9. The maximum Gasteiger partial charge on any atom is 0.356 e. The number of anilines is 1. The Balaban J connectivity index is 1.38. The first-order chi connectivity index (χ1) is 24.3. The molecule has 2 aliphatic heterocycles. The number of esters is 2. The average molecular weight is 752 g/mol. The Morgan fingerprint density at radius 3 is 2.29 bits per heavy atom. The molecule has 13 nitrogen and oxygen atoms in total. The van der Waals surface area contributed by atoms with Crippen LogP contribution >= 0.6 is 34.7 Å². The van der Waals surface area contributed by atoms with Gasteiger partial charge in [0.25, 0.3) is 11.8 Å². The van der Waals surface area contributed by atoms with Gasteiger partial charge in [-0.1, -0.05) is 101 Å². The first kappa shape index (κ1) is 37.3. The average Bonchev–Trinajstić information content (AvgIpc) is 3.47. The molecular weight excluding hydrogens is 718 g/mol. The molecule has 5 rings (SSSR count). The predicted octanol–water partition coefficient (Wildman–Crippen LogP) is 4.99. The van der Waals surface area contributed by atoms with Crippen molar-refractivity contribution in [1.82, 2.24) is 15.2 Å². The lowest BCUT2D eigenvalue weighted by Crippen LogP contribution is -2.71. The van der Waals surface area contributed by atoms with Gasteiger partial charge in [-0.25, -0.2) is 14.6 Å². The van der Waals surface area contributed by atoms with Crippen LogP contribution in [0.15, 0.2) is 89.7 Å². The Bertz CT molecular complexity index is 1850. The molecule has 3 heterocycles. The van der Waals surface area contributed by atoms with Gasteiger partial charge in [-0.05, 0) is 44.4 Å². The highest BCUT2D eigenvalue weighted by atomic mass is 35.5. The van der Waals surface area contributed by atoms with Gasteiger partial charge in [-0.15, -0.1) is 11.8 Å². The Morgan fingerprint density at radius 2 is 1.73 bits per heavy atom. The number of hydrogen-bond acceptors (Lipinski definition) is 12. The van der Waals surface area contributed by atoms with E-state index in [1.807, 2.05) is 60.7 Å². The Morgan fingerprint density at radius 1 is 1.10 bits per heavy atom. The molecule has 3 amide bonds. The second kappa shape index (κ2) is 15.9. The van der Waals surface area contributed by atoms with Gasteiger partial charge in [0, 0.05) is 5.75 Å². The number of halogens is 1. The molecule has 266 valence electrons. The number of thioether (sulfide) groups is 1. The first-order valence-electron chi connectivity index (χ1n) is 15.6. The molecule has 1 aromatic heterocycles. The monoisotopic (exact) mass is 751 g/mol. The van der Waals surface area contributed by atoms with E-state index in [2.05, 4.69) is 27.4 Å². The SMILES string of the molecule is C=CC1=C(C(=O)OC(c2ccccc2)c2ccccc2)N2C(=O)C(NC(=O)C(=NOC(C)C(=O)OC(C)(C)C)c3nc(NC=O)sc3Cl)[C@H]2SC1. The summed E-state index contributed by atoms with van der Waals surface area (Å²) in [6, 6.07) is 17.3. The molecule has 1 fully saturated rings. The van der Waals surface area contributed by atoms with E-state index in [0.717, 1.165) is 22.5 Å². The summed E-state index contributed by atoms with van der Waals surface area (Å²) in [6.07, 6.45) is -0.115. The third-order valence-corrected chi connectivity index (χ3v) is 9.89. The first-order valence-corrected chi connectivity index (χ1v) is 17.8.